The molecule has 19 heavy (non-hydrogen) atoms. The highest BCUT2D eigenvalue weighted by Gasteiger charge is 2.15. The third kappa shape index (κ3) is 3.14. The van der Waals surface area contributed by atoms with Crippen molar-refractivity contribution >= 4 is 17.2 Å². The van der Waals surface area contributed by atoms with Crippen LogP contribution in [0.5, 0.6) is 0 Å². The first kappa shape index (κ1) is 14.0. The molecule has 1 N–H and O–H groups in total. The lowest BCUT2D eigenvalue weighted by atomic mass is 10.2. The number of aliphatic hydroxyl groups excluding tert-OH is 1. The lowest BCUT2D eigenvalue weighted by Gasteiger charge is -2.26. The van der Waals surface area contributed by atoms with Crippen molar-refractivity contribution in [1.29, 1.82) is 0 Å². The van der Waals surface area contributed by atoms with Crippen LogP contribution in [0.4, 0.5) is 5.82 Å². The zero-order valence-corrected chi connectivity index (χ0v) is 12.4. The molecule has 0 aliphatic carbocycles. The summed E-state index contributed by atoms with van der Waals surface area (Å²) in [5, 5.41) is 11.4. The van der Waals surface area contributed by atoms with Gasteiger partial charge >= 0.3 is 0 Å². The minimum atomic E-state index is 0.0593. The lowest BCUT2D eigenvalue weighted by molar-refractivity contribution is 0.281. The second-order valence-corrected chi connectivity index (χ2v) is 5.62. The summed E-state index contributed by atoms with van der Waals surface area (Å²) in [5.74, 6) is 0.921. The summed E-state index contributed by atoms with van der Waals surface area (Å²) < 4.78 is 0. The smallest absolute Gasteiger partial charge is 0.129 e. The topological polar surface area (TPSA) is 36.4 Å². The van der Waals surface area contributed by atoms with E-state index in [1.54, 1.807) is 11.3 Å². The van der Waals surface area contributed by atoms with Gasteiger partial charge in [0, 0.05) is 17.6 Å². The Morgan fingerprint density at radius 3 is 2.79 bits per heavy atom. The molecule has 0 saturated carbocycles. The van der Waals surface area contributed by atoms with Crippen molar-refractivity contribution in [1.82, 2.24) is 4.98 Å². The molecule has 2 aromatic heterocycles. The highest BCUT2D eigenvalue weighted by atomic mass is 32.1. The van der Waals surface area contributed by atoms with E-state index in [1.807, 2.05) is 19.2 Å². The van der Waals surface area contributed by atoms with E-state index in [0.717, 1.165) is 23.5 Å². The number of hydrogen-bond acceptors (Lipinski definition) is 4. The zero-order chi connectivity index (χ0) is 13.8. The van der Waals surface area contributed by atoms with E-state index in [-0.39, 0.29) is 12.6 Å². The number of pyridine rings is 1. The number of aromatic nitrogens is 1. The van der Waals surface area contributed by atoms with Crippen molar-refractivity contribution in [2.45, 2.75) is 32.9 Å². The first-order chi connectivity index (χ1) is 9.15. The molecule has 0 aliphatic heterocycles. The van der Waals surface area contributed by atoms with Crippen molar-refractivity contribution in [3.05, 3.63) is 45.8 Å². The van der Waals surface area contributed by atoms with E-state index in [9.17, 15) is 5.11 Å². The fourth-order valence-electron chi connectivity index (χ4n) is 2.00. The van der Waals surface area contributed by atoms with E-state index in [0.29, 0.717) is 0 Å². The molecule has 0 amide bonds. The van der Waals surface area contributed by atoms with Crippen LogP contribution in [0.25, 0.3) is 0 Å². The maximum absolute atomic E-state index is 9.34. The number of anilines is 1. The molecule has 2 rings (SSSR count). The Balaban J connectivity index is 2.29. The van der Waals surface area contributed by atoms with Crippen molar-refractivity contribution in [2.75, 3.05) is 11.9 Å². The number of thiophene rings is 1. The first-order valence-corrected chi connectivity index (χ1v) is 7.40. The normalized spacial score (nSPS) is 12.4. The van der Waals surface area contributed by atoms with Crippen LogP contribution in [0.2, 0.25) is 0 Å². The van der Waals surface area contributed by atoms with Crippen LogP contribution >= 0.6 is 11.3 Å². The lowest BCUT2D eigenvalue weighted by Crippen LogP contribution is -2.22. The Hall–Kier alpha value is -1.39. The van der Waals surface area contributed by atoms with Gasteiger partial charge in [0.2, 0.25) is 0 Å². The van der Waals surface area contributed by atoms with Crippen LogP contribution in [0.3, 0.4) is 0 Å². The summed E-state index contributed by atoms with van der Waals surface area (Å²) in [6.07, 6.45) is 0.877. The minimum absolute atomic E-state index is 0.0593. The van der Waals surface area contributed by atoms with E-state index in [1.165, 1.54) is 4.88 Å². The second-order valence-electron chi connectivity index (χ2n) is 4.64. The highest BCUT2D eigenvalue weighted by Crippen LogP contribution is 2.27. The van der Waals surface area contributed by atoms with E-state index < -0.39 is 0 Å². The maximum Gasteiger partial charge on any atom is 0.129 e. The Morgan fingerprint density at radius 2 is 2.21 bits per heavy atom. The number of nitrogens with zero attached hydrogens (tertiary/aromatic N) is 2. The van der Waals surface area contributed by atoms with Crippen LogP contribution < -0.4 is 4.90 Å². The van der Waals surface area contributed by atoms with Gasteiger partial charge in [-0.3, -0.25) is 0 Å². The summed E-state index contributed by atoms with van der Waals surface area (Å²) in [4.78, 5) is 8.12. The standard InChI is InChI=1S/C15H20N2OS/c1-4-13-8-12(10-18)9-15(16-13)17(3)11(2)14-6-5-7-19-14/h5-9,11,18H,4,10H2,1-3H3. The average Bonchev–Trinajstić information content (AvgIpc) is 2.99. The predicted octanol–water partition coefficient (Wildman–Crippen LogP) is 3.40. The summed E-state index contributed by atoms with van der Waals surface area (Å²) in [5.41, 5.74) is 1.94. The zero-order valence-electron chi connectivity index (χ0n) is 11.6. The molecular formula is C15H20N2OS. The van der Waals surface area contributed by atoms with Gasteiger partial charge in [-0.25, -0.2) is 4.98 Å². The Bertz CT molecular complexity index is 503. The van der Waals surface area contributed by atoms with Gasteiger partial charge in [-0.1, -0.05) is 13.0 Å². The van der Waals surface area contributed by atoms with Gasteiger partial charge in [-0.15, -0.1) is 11.3 Å². The molecule has 0 fully saturated rings. The molecule has 0 spiro atoms. The SMILES string of the molecule is CCc1cc(CO)cc(N(C)C(C)c2cccs2)n1. The van der Waals surface area contributed by atoms with Gasteiger partial charge in [-0.05, 0) is 42.5 Å². The number of hydrogen-bond donors (Lipinski definition) is 1. The summed E-state index contributed by atoms with van der Waals surface area (Å²) >= 11 is 1.76. The monoisotopic (exact) mass is 276 g/mol. The molecule has 4 heteroatoms. The van der Waals surface area contributed by atoms with Crippen molar-refractivity contribution in [2.24, 2.45) is 0 Å². The van der Waals surface area contributed by atoms with Gasteiger partial charge in [0.1, 0.15) is 5.82 Å². The van der Waals surface area contributed by atoms with Gasteiger partial charge in [-0.2, -0.15) is 0 Å². The molecule has 0 aliphatic rings. The summed E-state index contributed by atoms with van der Waals surface area (Å²) in [6.45, 7) is 4.31. The van der Waals surface area contributed by atoms with E-state index in [2.05, 4.69) is 41.2 Å². The first-order valence-electron chi connectivity index (χ1n) is 6.52. The fraction of sp³-hybridized carbons (Fsp3) is 0.400. The van der Waals surface area contributed by atoms with Crippen LogP contribution in [0.15, 0.2) is 29.6 Å². The molecule has 3 nitrogen and oxygen atoms in total. The third-order valence-corrected chi connectivity index (χ3v) is 4.41. The quantitative estimate of drug-likeness (QED) is 0.909. The number of rotatable bonds is 5. The Labute approximate surface area is 118 Å². The van der Waals surface area contributed by atoms with E-state index in [4.69, 9.17) is 0 Å². The van der Waals surface area contributed by atoms with Gasteiger partial charge in [0.25, 0.3) is 0 Å². The second kappa shape index (κ2) is 6.17. The molecule has 102 valence electrons. The summed E-state index contributed by atoms with van der Waals surface area (Å²) in [7, 11) is 2.05. The molecule has 0 radical (unpaired) electrons. The molecule has 0 bridgehead atoms. The van der Waals surface area contributed by atoms with Gasteiger partial charge in [0.05, 0.1) is 12.6 Å². The number of aryl methyl sites for hydroxylation is 1. The summed E-state index contributed by atoms with van der Waals surface area (Å²) in [6, 6.07) is 8.42. The maximum atomic E-state index is 9.34. The van der Waals surface area contributed by atoms with Crippen molar-refractivity contribution < 1.29 is 5.11 Å². The highest BCUT2D eigenvalue weighted by molar-refractivity contribution is 7.10. The molecule has 2 aromatic rings. The fourth-order valence-corrected chi connectivity index (χ4v) is 2.83. The van der Waals surface area contributed by atoms with E-state index >= 15 is 0 Å². The van der Waals surface area contributed by atoms with Crippen LogP contribution in [0.1, 0.15) is 36.0 Å². The third-order valence-electron chi connectivity index (χ3n) is 3.37. The Morgan fingerprint density at radius 1 is 1.42 bits per heavy atom. The van der Waals surface area contributed by atoms with Crippen LogP contribution in [0, 0.1) is 0 Å². The molecule has 1 atom stereocenters. The van der Waals surface area contributed by atoms with Crippen LogP contribution in [-0.4, -0.2) is 17.1 Å². The molecule has 0 saturated heterocycles. The molecule has 1 unspecified atom stereocenters. The van der Waals surface area contributed by atoms with Gasteiger partial charge in [0.15, 0.2) is 0 Å². The Kier molecular flexibility index (Phi) is 4.56. The molecular weight excluding hydrogens is 256 g/mol. The van der Waals surface area contributed by atoms with Crippen molar-refractivity contribution in [3.8, 4) is 0 Å². The molecule has 0 aromatic carbocycles. The van der Waals surface area contributed by atoms with Crippen LogP contribution in [-0.2, 0) is 13.0 Å². The predicted molar refractivity (Wildman–Crippen MR) is 80.7 cm³/mol. The largest absolute Gasteiger partial charge is 0.392 e. The van der Waals surface area contributed by atoms with Gasteiger partial charge < -0.3 is 10.0 Å². The average molecular weight is 276 g/mol. The van der Waals surface area contributed by atoms with Crippen molar-refractivity contribution in [3.63, 3.8) is 0 Å². The molecule has 2 heterocycles. The number of aliphatic hydroxyl groups is 1. The minimum Gasteiger partial charge on any atom is -0.392 e.